The highest BCUT2D eigenvalue weighted by molar-refractivity contribution is 6.31. The van der Waals surface area contributed by atoms with Crippen LogP contribution in [0.1, 0.15) is 22.8 Å². The number of rotatable bonds is 4. The number of carbonyl (C=O) groups excluding carboxylic acids is 1. The lowest BCUT2D eigenvalue weighted by Gasteiger charge is -2.21. The van der Waals surface area contributed by atoms with E-state index in [1.807, 2.05) is 19.1 Å². The van der Waals surface area contributed by atoms with Gasteiger partial charge in [0.2, 0.25) is 0 Å². The number of hydrogen-bond donors (Lipinski definition) is 2. The lowest BCUT2D eigenvalue weighted by molar-refractivity contribution is 0.0749. The molecule has 0 atom stereocenters. The predicted molar refractivity (Wildman–Crippen MR) is 84.4 cm³/mol. The first-order valence-corrected chi connectivity index (χ1v) is 7.01. The van der Waals surface area contributed by atoms with Crippen LogP contribution in [-0.2, 0) is 6.54 Å². The van der Waals surface area contributed by atoms with Gasteiger partial charge >= 0.3 is 0 Å². The fourth-order valence-electron chi connectivity index (χ4n) is 2.02. The van der Waals surface area contributed by atoms with Crippen LogP contribution in [0.5, 0.6) is 5.75 Å². The average Bonchev–Trinajstić information content (AvgIpc) is 2.48. The van der Waals surface area contributed by atoms with E-state index >= 15 is 0 Å². The summed E-state index contributed by atoms with van der Waals surface area (Å²) in [6.45, 7) is 2.85. The summed E-state index contributed by atoms with van der Waals surface area (Å²) in [5.41, 5.74) is 7.51. The van der Waals surface area contributed by atoms with Gasteiger partial charge in [-0.1, -0.05) is 23.7 Å². The molecular formula is C16H17ClN2O2. The number of phenols is 1. The van der Waals surface area contributed by atoms with E-state index in [1.54, 1.807) is 23.1 Å². The average molecular weight is 305 g/mol. The molecule has 0 saturated carbocycles. The summed E-state index contributed by atoms with van der Waals surface area (Å²) in [4.78, 5) is 14.1. The molecule has 0 heterocycles. The van der Waals surface area contributed by atoms with E-state index in [-0.39, 0.29) is 17.2 Å². The number of phenolic OH excluding ortho intramolecular Hbond substituents is 1. The van der Waals surface area contributed by atoms with Gasteiger partial charge in [-0.15, -0.1) is 0 Å². The third kappa shape index (κ3) is 3.67. The SMILES string of the molecule is CCN(Cc1ccc(N)cc1)C(=O)c1cc(Cl)ccc1O. The summed E-state index contributed by atoms with van der Waals surface area (Å²) in [5.74, 6) is -0.325. The van der Waals surface area contributed by atoms with Gasteiger partial charge in [0.15, 0.2) is 0 Å². The molecule has 21 heavy (non-hydrogen) atoms. The standard InChI is InChI=1S/C16H17ClN2O2/c1-2-19(10-11-3-6-13(18)7-4-11)16(21)14-9-12(17)5-8-15(14)20/h3-9,20H,2,10,18H2,1H3. The molecule has 110 valence electrons. The molecule has 0 unspecified atom stereocenters. The Morgan fingerprint density at radius 2 is 1.90 bits per heavy atom. The van der Waals surface area contributed by atoms with Crippen molar-refractivity contribution in [2.75, 3.05) is 12.3 Å². The van der Waals surface area contributed by atoms with Crippen molar-refractivity contribution >= 4 is 23.2 Å². The molecule has 4 nitrogen and oxygen atoms in total. The quantitative estimate of drug-likeness (QED) is 0.852. The number of carbonyl (C=O) groups is 1. The minimum Gasteiger partial charge on any atom is -0.507 e. The Balaban J connectivity index is 2.22. The van der Waals surface area contributed by atoms with Gasteiger partial charge in [0.05, 0.1) is 5.56 Å². The van der Waals surface area contributed by atoms with Crippen molar-refractivity contribution in [3.63, 3.8) is 0 Å². The van der Waals surface area contributed by atoms with Crippen molar-refractivity contribution in [1.29, 1.82) is 0 Å². The van der Waals surface area contributed by atoms with E-state index in [4.69, 9.17) is 17.3 Å². The third-order valence-corrected chi connectivity index (χ3v) is 3.45. The van der Waals surface area contributed by atoms with Crippen LogP contribution in [0.15, 0.2) is 42.5 Å². The van der Waals surface area contributed by atoms with Crippen molar-refractivity contribution in [2.45, 2.75) is 13.5 Å². The largest absolute Gasteiger partial charge is 0.507 e. The number of nitrogens with zero attached hydrogens (tertiary/aromatic N) is 1. The molecule has 1 amide bonds. The number of nitrogen functional groups attached to an aromatic ring is 1. The second kappa shape index (κ2) is 6.50. The molecule has 0 aliphatic carbocycles. The number of amides is 1. The summed E-state index contributed by atoms with van der Waals surface area (Å²) < 4.78 is 0. The van der Waals surface area contributed by atoms with Crippen LogP contribution < -0.4 is 5.73 Å². The van der Waals surface area contributed by atoms with Crippen molar-refractivity contribution in [2.24, 2.45) is 0 Å². The minimum atomic E-state index is -0.255. The zero-order valence-electron chi connectivity index (χ0n) is 11.7. The molecule has 0 aliphatic rings. The van der Waals surface area contributed by atoms with Crippen molar-refractivity contribution < 1.29 is 9.90 Å². The topological polar surface area (TPSA) is 66.6 Å². The van der Waals surface area contributed by atoms with Gasteiger partial charge in [-0.2, -0.15) is 0 Å². The van der Waals surface area contributed by atoms with Crippen LogP contribution in [0.25, 0.3) is 0 Å². The normalized spacial score (nSPS) is 10.4. The molecule has 0 spiro atoms. The second-order valence-corrected chi connectivity index (χ2v) is 5.16. The van der Waals surface area contributed by atoms with E-state index in [1.165, 1.54) is 12.1 Å². The maximum atomic E-state index is 12.5. The molecular weight excluding hydrogens is 288 g/mol. The summed E-state index contributed by atoms with van der Waals surface area (Å²) >= 11 is 5.89. The van der Waals surface area contributed by atoms with Crippen LogP contribution in [0.3, 0.4) is 0 Å². The molecule has 0 radical (unpaired) electrons. The Labute approximate surface area is 128 Å². The molecule has 2 aromatic carbocycles. The molecule has 0 bridgehead atoms. The predicted octanol–water partition coefficient (Wildman–Crippen LogP) is 3.29. The highest BCUT2D eigenvalue weighted by atomic mass is 35.5. The molecule has 3 N–H and O–H groups in total. The first-order valence-electron chi connectivity index (χ1n) is 6.63. The maximum Gasteiger partial charge on any atom is 0.257 e. The smallest absolute Gasteiger partial charge is 0.257 e. The molecule has 2 rings (SSSR count). The molecule has 0 saturated heterocycles. The Bertz CT molecular complexity index is 641. The van der Waals surface area contributed by atoms with Crippen LogP contribution in [-0.4, -0.2) is 22.5 Å². The number of aromatic hydroxyl groups is 1. The van der Waals surface area contributed by atoms with Crippen LogP contribution >= 0.6 is 11.6 Å². The minimum absolute atomic E-state index is 0.0693. The highest BCUT2D eigenvalue weighted by Gasteiger charge is 2.18. The van der Waals surface area contributed by atoms with Gasteiger partial charge < -0.3 is 15.7 Å². The lowest BCUT2D eigenvalue weighted by atomic mass is 10.1. The Hall–Kier alpha value is -2.20. The maximum absolute atomic E-state index is 12.5. The number of anilines is 1. The van der Waals surface area contributed by atoms with Crippen molar-refractivity contribution in [3.8, 4) is 5.75 Å². The lowest BCUT2D eigenvalue weighted by Crippen LogP contribution is -2.30. The summed E-state index contributed by atoms with van der Waals surface area (Å²) in [5, 5.41) is 10.2. The van der Waals surface area contributed by atoms with Gasteiger partial charge in [0, 0.05) is 23.8 Å². The summed E-state index contributed by atoms with van der Waals surface area (Å²) in [7, 11) is 0. The third-order valence-electron chi connectivity index (χ3n) is 3.21. The van der Waals surface area contributed by atoms with E-state index in [9.17, 15) is 9.90 Å². The van der Waals surface area contributed by atoms with Crippen LogP contribution in [0.4, 0.5) is 5.69 Å². The number of halogens is 1. The zero-order chi connectivity index (χ0) is 15.4. The first-order chi connectivity index (χ1) is 10.0. The van der Waals surface area contributed by atoms with Crippen LogP contribution in [0.2, 0.25) is 5.02 Å². The fourth-order valence-corrected chi connectivity index (χ4v) is 2.19. The molecule has 0 fully saturated rings. The fraction of sp³-hybridized carbons (Fsp3) is 0.188. The van der Waals surface area contributed by atoms with Crippen molar-refractivity contribution in [1.82, 2.24) is 4.90 Å². The van der Waals surface area contributed by atoms with E-state index in [0.717, 1.165) is 5.56 Å². The second-order valence-electron chi connectivity index (χ2n) is 4.72. The highest BCUT2D eigenvalue weighted by Crippen LogP contribution is 2.23. The summed E-state index contributed by atoms with van der Waals surface area (Å²) in [6, 6.07) is 11.8. The van der Waals surface area contributed by atoms with Gasteiger partial charge in [0.25, 0.3) is 5.91 Å². The number of nitrogens with two attached hydrogens (primary N) is 1. The van der Waals surface area contributed by atoms with Crippen LogP contribution in [0, 0.1) is 0 Å². The number of hydrogen-bond acceptors (Lipinski definition) is 3. The Morgan fingerprint density at radius 1 is 1.24 bits per heavy atom. The number of benzene rings is 2. The first kappa shape index (κ1) is 15.2. The van der Waals surface area contributed by atoms with E-state index < -0.39 is 0 Å². The van der Waals surface area contributed by atoms with Gasteiger partial charge in [-0.25, -0.2) is 0 Å². The summed E-state index contributed by atoms with van der Waals surface area (Å²) in [6.07, 6.45) is 0. The van der Waals surface area contributed by atoms with E-state index in [0.29, 0.717) is 23.8 Å². The molecule has 0 aromatic heterocycles. The Kier molecular flexibility index (Phi) is 4.70. The molecule has 0 aliphatic heterocycles. The molecule has 2 aromatic rings. The molecule has 5 heteroatoms. The van der Waals surface area contributed by atoms with Gasteiger partial charge in [-0.05, 0) is 42.8 Å². The van der Waals surface area contributed by atoms with Gasteiger partial charge in [-0.3, -0.25) is 4.79 Å². The van der Waals surface area contributed by atoms with E-state index in [2.05, 4.69) is 0 Å². The zero-order valence-corrected chi connectivity index (χ0v) is 12.5. The van der Waals surface area contributed by atoms with Crippen molar-refractivity contribution in [3.05, 3.63) is 58.6 Å². The monoisotopic (exact) mass is 304 g/mol. The Morgan fingerprint density at radius 3 is 2.52 bits per heavy atom. The van der Waals surface area contributed by atoms with Gasteiger partial charge in [0.1, 0.15) is 5.75 Å².